The van der Waals surface area contributed by atoms with Crippen LogP contribution in [0.25, 0.3) is 0 Å². The Bertz CT molecular complexity index is 1130. The first-order chi connectivity index (χ1) is 16.0. The van der Waals surface area contributed by atoms with E-state index in [0.717, 1.165) is 25.0 Å². The van der Waals surface area contributed by atoms with Crippen LogP contribution in [0.5, 0.6) is 5.75 Å². The molecule has 1 saturated heterocycles. The summed E-state index contributed by atoms with van der Waals surface area (Å²) in [6, 6.07) is 8.97. The lowest BCUT2D eigenvalue weighted by atomic mass is 9.83. The molecule has 176 valence electrons. The van der Waals surface area contributed by atoms with Crippen molar-refractivity contribution in [3.05, 3.63) is 74.0 Å². The van der Waals surface area contributed by atoms with E-state index < -0.39 is 11.9 Å². The van der Waals surface area contributed by atoms with E-state index in [0.29, 0.717) is 41.5 Å². The highest BCUT2D eigenvalue weighted by molar-refractivity contribution is 6.31. The van der Waals surface area contributed by atoms with Gasteiger partial charge in [-0.25, -0.2) is 4.79 Å². The molecule has 7 nitrogen and oxygen atoms in total. The summed E-state index contributed by atoms with van der Waals surface area (Å²) in [4.78, 5) is 26.9. The average Bonchev–Trinajstić information content (AvgIpc) is 3.29. The van der Waals surface area contributed by atoms with Crippen molar-refractivity contribution in [2.45, 2.75) is 58.1 Å². The Morgan fingerprint density at radius 3 is 2.76 bits per heavy atom. The number of carbonyl (C=O) groups excluding carboxylic acids is 1. The van der Waals surface area contributed by atoms with E-state index >= 15 is 0 Å². The quantitative estimate of drug-likeness (QED) is 0.614. The molecule has 1 aromatic carbocycles. The van der Waals surface area contributed by atoms with Crippen LogP contribution in [0.15, 0.2) is 46.6 Å². The van der Waals surface area contributed by atoms with E-state index in [2.05, 4.69) is 6.92 Å². The lowest BCUT2D eigenvalue weighted by molar-refractivity contribution is -0.139. The number of aryl methyl sites for hydroxylation is 1. The van der Waals surface area contributed by atoms with E-state index in [-0.39, 0.29) is 29.7 Å². The molecule has 2 unspecified atom stereocenters. The summed E-state index contributed by atoms with van der Waals surface area (Å²) in [5.41, 5.74) is 7.86. The predicted octanol–water partition coefficient (Wildman–Crippen LogP) is 3.89. The van der Waals surface area contributed by atoms with Gasteiger partial charge in [-0.05, 0) is 37.8 Å². The van der Waals surface area contributed by atoms with Gasteiger partial charge in [0.05, 0.1) is 30.7 Å². The summed E-state index contributed by atoms with van der Waals surface area (Å²) in [6.07, 6.45) is 3.41. The number of ether oxygens (including phenoxy) is 3. The molecule has 2 aliphatic heterocycles. The molecule has 33 heavy (non-hydrogen) atoms. The Morgan fingerprint density at radius 2 is 2.09 bits per heavy atom. The fraction of sp³-hybridized carbons (Fsp3) is 0.440. The van der Waals surface area contributed by atoms with E-state index in [1.165, 1.54) is 0 Å². The van der Waals surface area contributed by atoms with E-state index in [1.807, 2.05) is 12.1 Å². The molecular weight excluding hydrogens is 444 g/mol. The van der Waals surface area contributed by atoms with E-state index in [4.69, 9.17) is 31.5 Å². The number of nitrogens with zero attached hydrogens (tertiary/aromatic N) is 1. The van der Waals surface area contributed by atoms with Crippen LogP contribution in [0.3, 0.4) is 0 Å². The Hall–Kier alpha value is -2.77. The van der Waals surface area contributed by atoms with Gasteiger partial charge < -0.3 is 24.5 Å². The molecule has 0 saturated carbocycles. The second kappa shape index (κ2) is 10.0. The molecule has 1 aromatic heterocycles. The standard InChI is InChI=1S/C25H29ClN2O5/c1-3-8-15-13-19-21(24(29)28(15)14-16-9-7-12-32-16)20(17-10-5-6-11-18(17)26)22(23(27)33-19)25(30)31-4-2/h5-6,10-11,13,16,20H,3-4,7-9,12,14,27H2,1-2H3. The zero-order chi connectivity index (χ0) is 23.5. The van der Waals surface area contributed by atoms with Crippen LogP contribution in [-0.2, 0) is 27.2 Å². The first kappa shape index (κ1) is 23.4. The Labute approximate surface area is 198 Å². The first-order valence-corrected chi connectivity index (χ1v) is 11.8. The van der Waals surface area contributed by atoms with Crippen molar-refractivity contribution in [1.82, 2.24) is 4.57 Å². The lowest BCUT2D eigenvalue weighted by Gasteiger charge is -2.30. The monoisotopic (exact) mass is 472 g/mol. The molecule has 8 heteroatoms. The number of fused-ring (bicyclic) bond motifs is 1. The molecule has 4 rings (SSSR count). The molecule has 2 aliphatic rings. The van der Waals surface area contributed by atoms with Crippen LogP contribution in [0.4, 0.5) is 0 Å². The molecule has 0 bridgehead atoms. The number of halogens is 1. The lowest BCUT2D eigenvalue weighted by Crippen LogP contribution is -2.37. The molecule has 0 spiro atoms. The maximum Gasteiger partial charge on any atom is 0.340 e. The molecule has 2 aromatic rings. The summed E-state index contributed by atoms with van der Waals surface area (Å²) in [6.45, 7) is 5.08. The summed E-state index contributed by atoms with van der Waals surface area (Å²) in [5, 5.41) is 0.424. The molecular formula is C25H29ClN2O5. The van der Waals surface area contributed by atoms with Crippen molar-refractivity contribution in [3.63, 3.8) is 0 Å². The second-order valence-corrected chi connectivity index (χ2v) is 8.68. The Balaban J connectivity index is 1.94. The summed E-state index contributed by atoms with van der Waals surface area (Å²) in [7, 11) is 0. The smallest absolute Gasteiger partial charge is 0.340 e. The minimum atomic E-state index is -0.805. The zero-order valence-corrected chi connectivity index (χ0v) is 19.7. The van der Waals surface area contributed by atoms with Crippen molar-refractivity contribution in [2.75, 3.05) is 13.2 Å². The van der Waals surface area contributed by atoms with Gasteiger partial charge in [0, 0.05) is 23.4 Å². The predicted molar refractivity (Wildman–Crippen MR) is 125 cm³/mol. The molecule has 2 atom stereocenters. The van der Waals surface area contributed by atoms with E-state index in [1.54, 1.807) is 29.7 Å². The molecule has 0 amide bonds. The number of hydrogen-bond donors (Lipinski definition) is 1. The second-order valence-electron chi connectivity index (χ2n) is 8.27. The van der Waals surface area contributed by atoms with Gasteiger partial charge in [-0.15, -0.1) is 0 Å². The van der Waals surface area contributed by atoms with Crippen LogP contribution < -0.4 is 16.0 Å². The Morgan fingerprint density at radius 1 is 1.30 bits per heavy atom. The highest BCUT2D eigenvalue weighted by Crippen LogP contribution is 2.43. The number of pyridine rings is 1. The summed E-state index contributed by atoms with van der Waals surface area (Å²) >= 11 is 6.54. The largest absolute Gasteiger partial charge is 0.462 e. The SMILES string of the molecule is CCCc1cc2c(c(=O)n1CC1CCCO1)C(c1ccccc1Cl)C(C(=O)OCC)=C(N)O2. The first-order valence-electron chi connectivity index (χ1n) is 11.4. The summed E-state index contributed by atoms with van der Waals surface area (Å²) in [5.74, 6) is -1.17. The van der Waals surface area contributed by atoms with E-state index in [9.17, 15) is 9.59 Å². The normalized spacial score (nSPS) is 19.8. The van der Waals surface area contributed by atoms with Gasteiger partial charge in [-0.2, -0.15) is 0 Å². The third-order valence-electron chi connectivity index (χ3n) is 6.08. The minimum absolute atomic E-state index is 0.0234. The number of hydrogen-bond acceptors (Lipinski definition) is 6. The van der Waals surface area contributed by atoms with Crippen molar-refractivity contribution in [2.24, 2.45) is 5.73 Å². The number of carbonyl (C=O) groups is 1. The number of benzene rings is 1. The number of nitrogens with two attached hydrogens (primary N) is 1. The molecule has 2 N–H and O–H groups in total. The fourth-order valence-corrected chi connectivity index (χ4v) is 4.85. The number of esters is 1. The van der Waals surface area contributed by atoms with Crippen LogP contribution in [0.1, 0.15) is 55.8 Å². The van der Waals surface area contributed by atoms with Crippen LogP contribution in [-0.4, -0.2) is 29.9 Å². The van der Waals surface area contributed by atoms with Crippen molar-refractivity contribution in [3.8, 4) is 5.75 Å². The van der Waals surface area contributed by atoms with Crippen molar-refractivity contribution in [1.29, 1.82) is 0 Å². The molecule has 1 fully saturated rings. The molecule has 0 radical (unpaired) electrons. The molecule has 3 heterocycles. The van der Waals surface area contributed by atoms with Gasteiger partial charge in [0.15, 0.2) is 0 Å². The van der Waals surface area contributed by atoms with Gasteiger partial charge in [-0.3, -0.25) is 4.79 Å². The highest BCUT2D eigenvalue weighted by Gasteiger charge is 2.39. The number of rotatable bonds is 7. The molecule has 0 aliphatic carbocycles. The minimum Gasteiger partial charge on any atom is -0.462 e. The third kappa shape index (κ3) is 4.52. The van der Waals surface area contributed by atoms with Gasteiger partial charge >= 0.3 is 5.97 Å². The van der Waals surface area contributed by atoms with Gasteiger partial charge in [-0.1, -0.05) is 43.1 Å². The summed E-state index contributed by atoms with van der Waals surface area (Å²) < 4.78 is 18.7. The van der Waals surface area contributed by atoms with Crippen LogP contribution in [0.2, 0.25) is 5.02 Å². The maximum absolute atomic E-state index is 14.0. The zero-order valence-electron chi connectivity index (χ0n) is 18.9. The Kier molecular flexibility index (Phi) is 7.10. The van der Waals surface area contributed by atoms with Crippen molar-refractivity contribution < 1.29 is 19.0 Å². The topological polar surface area (TPSA) is 92.8 Å². The van der Waals surface area contributed by atoms with Crippen LogP contribution in [0, 0.1) is 0 Å². The average molecular weight is 473 g/mol. The highest BCUT2D eigenvalue weighted by atomic mass is 35.5. The van der Waals surface area contributed by atoms with Gasteiger partial charge in [0.25, 0.3) is 5.56 Å². The third-order valence-corrected chi connectivity index (χ3v) is 6.42. The van der Waals surface area contributed by atoms with Crippen LogP contribution >= 0.6 is 11.6 Å². The van der Waals surface area contributed by atoms with Gasteiger partial charge in [0.2, 0.25) is 5.88 Å². The number of aromatic nitrogens is 1. The fourth-order valence-electron chi connectivity index (χ4n) is 4.60. The van der Waals surface area contributed by atoms with Gasteiger partial charge in [0.1, 0.15) is 11.3 Å². The van der Waals surface area contributed by atoms with Crippen molar-refractivity contribution >= 4 is 17.6 Å². The maximum atomic E-state index is 14.0.